The molecule has 6 heteroatoms. The van der Waals surface area contributed by atoms with Crippen LogP contribution >= 0.6 is 11.8 Å². The van der Waals surface area contributed by atoms with E-state index in [1.165, 1.54) is 11.8 Å². The van der Waals surface area contributed by atoms with Gasteiger partial charge in [-0.15, -0.1) is 0 Å². The van der Waals surface area contributed by atoms with Gasteiger partial charge in [0, 0.05) is 12.2 Å². The SMILES string of the molecule is CSc1ncc2c(n1)CN(C(=O)OC(C)(C)C)C(C)C2. The van der Waals surface area contributed by atoms with E-state index in [2.05, 4.69) is 9.97 Å². The summed E-state index contributed by atoms with van der Waals surface area (Å²) in [6.45, 7) is 8.14. The van der Waals surface area contributed by atoms with Gasteiger partial charge < -0.3 is 4.74 Å². The van der Waals surface area contributed by atoms with E-state index in [-0.39, 0.29) is 12.1 Å². The van der Waals surface area contributed by atoms with Gasteiger partial charge in [0.25, 0.3) is 0 Å². The topological polar surface area (TPSA) is 55.3 Å². The molecule has 1 atom stereocenters. The van der Waals surface area contributed by atoms with Crippen LogP contribution in [-0.2, 0) is 17.7 Å². The molecule has 1 aliphatic heterocycles. The van der Waals surface area contributed by atoms with Gasteiger partial charge in [0.1, 0.15) is 5.60 Å². The second-order valence-electron chi connectivity index (χ2n) is 5.99. The molecule has 0 aliphatic carbocycles. The Morgan fingerprint density at radius 3 is 2.80 bits per heavy atom. The van der Waals surface area contributed by atoms with E-state index in [0.717, 1.165) is 22.8 Å². The lowest BCUT2D eigenvalue weighted by Gasteiger charge is -2.35. The lowest BCUT2D eigenvalue weighted by molar-refractivity contribution is 0.0133. The van der Waals surface area contributed by atoms with Crippen LogP contribution in [0.15, 0.2) is 11.4 Å². The molecule has 20 heavy (non-hydrogen) atoms. The van der Waals surface area contributed by atoms with Gasteiger partial charge in [-0.25, -0.2) is 14.8 Å². The average molecular weight is 295 g/mol. The smallest absolute Gasteiger partial charge is 0.410 e. The normalized spacial score (nSPS) is 18.6. The third-order valence-corrected chi connectivity index (χ3v) is 3.67. The molecule has 1 aromatic heterocycles. The van der Waals surface area contributed by atoms with Crippen molar-refractivity contribution >= 4 is 17.9 Å². The molecule has 0 bridgehead atoms. The minimum absolute atomic E-state index is 0.0982. The van der Waals surface area contributed by atoms with Gasteiger partial charge in [-0.1, -0.05) is 11.8 Å². The van der Waals surface area contributed by atoms with E-state index in [1.807, 2.05) is 40.1 Å². The summed E-state index contributed by atoms with van der Waals surface area (Å²) in [5.74, 6) is 0. The monoisotopic (exact) mass is 295 g/mol. The second-order valence-corrected chi connectivity index (χ2v) is 6.76. The van der Waals surface area contributed by atoms with Crippen LogP contribution in [0.5, 0.6) is 0 Å². The molecule has 2 heterocycles. The number of ether oxygens (including phenoxy) is 1. The Bertz CT molecular complexity index is 514. The number of rotatable bonds is 1. The first-order chi connectivity index (χ1) is 9.30. The summed E-state index contributed by atoms with van der Waals surface area (Å²) in [7, 11) is 0. The second kappa shape index (κ2) is 5.60. The third kappa shape index (κ3) is 3.42. The quantitative estimate of drug-likeness (QED) is 0.589. The number of thioether (sulfide) groups is 1. The lowest BCUT2D eigenvalue weighted by atomic mass is 10.0. The van der Waals surface area contributed by atoms with Crippen molar-refractivity contribution in [3.8, 4) is 0 Å². The molecule has 5 nitrogen and oxygen atoms in total. The van der Waals surface area contributed by atoms with Crippen LogP contribution < -0.4 is 0 Å². The zero-order valence-corrected chi connectivity index (χ0v) is 13.5. The van der Waals surface area contributed by atoms with E-state index >= 15 is 0 Å². The summed E-state index contributed by atoms with van der Waals surface area (Å²) < 4.78 is 5.46. The number of fused-ring (bicyclic) bond motifs is 1. The van der Waals surface area contributed by atoms with Crippen molar-refractivity contribution in [3.63, 3.8) is 0 Å². The largest absolute Gasteiger partial charge is 0.444 e. The van der Waals surface area contributed by atoms with Crippen molar-refractivity contribution in [2.45, 2.75) is 57.5 Å². The number of amides is 1. The first kappa shape index (κ1) is 15.1. The highest BCUT2D eigenvalue weighted by molar-refractivity contribution is 7.98. The van der Waals surface area contributed by atoms with Crippen LogP contribution in [0.25, 0.3) is 0 Å². The highest BCUT2D eigenvalue weighted by atomic mass is 32.2. The number of aromatic nitrogens is 2. The van der Waals surface area contributed by atoms with E-state index in [0.29, 0.717) is 6.54 Å². The molecule has 1 aromatic rings. The van der Waals surface area contributed by atoms with Gasteiger partial charge in [0.05, 0.1) is 12.2 Å². The predicted octanol–water partition coefficient (Wildman–Crippen LogP) is 2.88. The zero-order valence-electron chi connectivity index (χ0n) is 12.6. The summed E-state index contributed by atoms with van der Waals surface area (Å²) in [4.78, 5) is 22.8. The molecule has 0 spiro atoms. The minimum Gasteiger partial charge on any atom is -0.444 e. The van der Waals surface area contributed by atoms with Gasteiger partial charge in [-0.2, -0.15) is 0 Å². The van der Waals surface area contributed by atoms with Gasteiger partial charge in [0.15, 0.2) is 5.16 Å². The number of hydrogen-bond donors (Lipinski definition) is 0. The fourth-order valence-electron chi connectivity index (χ4n) is 2.14. The number of hydrogen-bond acceptors (Lipinski definition) is 5. The van der Waals surface area contributed by atoms with Crippen molar-refractivity contribution in [2.24, 2.45) is 0 Å². The maximum Gasteiger partial charge on any atom is 0.410 e. The Morgan fingerprint density at radius 1 is 1.50 bits per heavy atom. The third-order valence-electron chi connectivity index (χ3n) is 3.11. The molecule has 1 unspecified atom stereocenters. The van der Waals surface area contributed by atoms with Gasteiger partial charge in [-0.05, 0) is 45.9 Å². The highest BCUT2D eigenvalue weighted by Gasteiger charge is 2.31. The number of carbonyl (C=O) groups excluding carboxylic acids is 1. The number of nitrogens with zero attached hydrogens (tertiary/aromatic N) is 3. The van der Waals surface area contributed by atoms with Crippen LogP contribution in [0.1, 0.15) is 39.0 Å². The maximum atomic E-state index is 12.2. The van der Waals surface area contributed by atoms with Crippen molar-refractivity contribution in [1.29, 1.82) is 0 Å². The standard InChI is InChI=1S/C14H21N3O2S/c1-9-6-10-7-15-12(20-5)16-11(10)8-17(9)13(18)19-14(2,3)4/h7,9H,6,8H2,1-5H3. The molecule has 2 rings (SSSR count). The molecule has 0 saturated carbocycles. The Hall–Kier alpha value is -1.30. The molecule has 0 saturated heterocycles. The molecule has 0 N–H and O–H groups in total. The van der Waals surface area contributed by atoms with Gasteiger partial charge in [0.2, 0.25) is 0 Å². The van der Waals surface area contributed by atoms with Crippen LogP contribution in [0, 0.1) is 0 Å². The van der Waals surface area contributed by atoms with Crippen LogP contribution in [0.4, 0.5) is 4.79 Å². The molecular formula is C14H21N3O2S. The van der Waals surface area contributed by atoms with Crippen LogP contribution in [-0.4, -0.2) is 38.9 Å². The summed E-state index contributed by atoms with van der Waals surface area (Å²) in [5.41, 5.74) is 1.57. The summed E-state index contributed by atoms with van der Waals surface area (Å²) in [5, 5.41) is 0.738. The summed E-state index contributed by atoms with van der Waals surface area (Å²) in [6, 6.07) is 0.0982. The lowest BCUT2D eigenvalue weighted by Crippen LogP contribution is -2.45. The molecule has 0 radical (unpaired) electrons. The maximum absolute atomic E-state index is 12.2. The van der Waals surface area contributed by atoms with E-state index in [9.17, 15) is 4.79 Å². The zero-order chi connectivity index (χ0) is 14.9. The van der Waals surface area contributed by atoms with E-state index in [4.69, 9.17) is 4.74 Å². The van der Waals surface area contributed by atoms with E-state index < -0.39 is 5.60 Å². The predicted molar refractivity (Wildman–Crippen MR) is 78.8 cm³/mol. The summed E-state index contributed by atoms with van der Waals surface area (Å²) in [6.07, 6.45) is 4.30. The number of carbonyl (C=O) groups is 1. The minimum atomic E-state index is -0.479. The Kier molecular flexibility index (Phi) is 4.22. The Morgan fingerprint density at radius 2 is 2.20 bits per heavy atom. The molecule has 110 valence electrons. The Balaban J connectivity index is 2.19. The fraction of sp³-hybridized carbons (Fsp3) is 0.643. The Labute approximate surface area is 124 Å². The van der Waals surface area contributed by atoms with Crippen LogP contribution in [0.3, 0.4) is 0 Å². The van der Waals surface area contributed by atoms with Crippen molar-refractivity contribution in [1.82, 2.24) is 14.9 Å². The van der Waals surface area contributed by atoms with Gasteiger partial charge in [-0.3, -0.25) is 4.90 Å². The average Bonchev–Trinajstić information content (AvgIpc) is 2.35. The first-order valence-electron chi connectivity index (χ1n) is 6.68. The molecule has 0 aromatic carbocycles. The van der Waals surface area contributed by atoms with Crippen molar-refractivity contribution in [2.75, 3.05) is 6.26 Å². The highest BCUT2D eigenvalue weighted by Crippen LogP contribution is 2.24. The first-order valence-corrected chi connectivity index (χ1v) is 7.91. The molecule has 1 amide bonds. The summed E-state index contributed by atoms with van der Waals surface area (Å²) >= 11 is 1.51. The molecule has 0 fully saturated rings. The van der Waals surface area contributed by atoms with Crippen molar-refractivity contribution < 1.29 is 9.53 Å². The van der Waals surface area contributed by atoms with E-state index in [1.54, 1.807) is 4.90 Å². The van der Waals surface area contributed by atoms with Gasteiger partial charge >= 0.3 is 6.09 Å². The van der Waals surface area contributed by atoms with Crippen LogP contribution in [0.2, 0.25) is 0 Å². The fourth-order valence-corrected chi connectivity index (χ4v) is 2.50. The molecular weight excluding hydrogens is 274 g/mol. The molecule has 1 aliphatic rings. The van der Waals surface area contributed by atoms with Crippen molar-refractivity contribution in [3.05, 3.63) is 17.5 Å².